The van der Waals surface area contributed by atoms with Crippen molar-refractivity contribution in [2.45, 2.75) is 116 Å². The van der Waals surface area contributed by atoms with Crippen molar-refractivity contribution in [2.24, 2.45) is 0 Å². The van der Waals surface area contributed by atoms with Gasteiger partial charge in [-0.3, -0.25) is 4.79 Å². The maximum atomic E-state index is 12.3. The van der Waals surface area contributed by atoms with Crippen LogP contribution in [0.1, 0.15) is 126 Å². The Labute approximate surface area is 219 Å². The summed E-state index contributed by atoms with van der Waals surface area (Å²) in [6.45, 7) is 3.21. The van der Waals surface area contributed by atoms with Crippen LogP contribution < -0.4 is 14.8 Å². The lowest BCUT2D eigenvalue weighted by Gasteiger charge is -2.08. The first-order valence-corrected chi connectivity index (χ1v) is 14.4. The van der Waals surface area contributed by atoms with Crippen LogP contribution in [0.2, 0.25) is 0 Å². The maximum absolute atomic E-state index is 12.3. The number of carbonyl (C=O) groups is 1. The Morgan fingerprint density at radius 2 is 1.25 bits per heavy atom. The Balaban J connectivity index is 1.41. The van der Waals surface area contributed by atoms with E-state index in [-0.39, 0.29) is 12.5 Å². The Morgan fingerprint density at radius 3 is 1.81 bits per heavy atom. The molecule has 0 aliphatic rings. The van der Waals surface area contributed by atoms with E-state index in [0.29, 0.717) is 29.6 Å². The van der Waals surface area contributed by atoms with Gasteiger partial charge in [-0.2, -0.15) is 0 Å². The molecule has 2 rings (SSSR count). The van der Waals surface area contributed by atoms with Crippen LogP contribution in [0.25, 0.3) is 0 Å². The van der Waals surface area contributed by atoms with Crippen molar-refractivity contribution in [3.05, 3.63) is 47.9 Å². The topological polar surface area (TPSA) is 60.7 Å². The standard InChI is InChI=1S/C31H49NO4/c1-3-4-5-6-7-8-9-10-11-12-13-14-15-16-17-20-25-32-31(33)30-24-23-27(36-30)26-35-29-22-19-18-21-28(29)34-2/h18-19,21-24H,3-17,20,25-26H2,1-2H3,(H,32,33). The lowest BCUT2D eigenvalue weighted by atomic mass is 10.0. The number of furan rings is 1. The normalized spacial score (nSPS) is 10.9. The Morgan fingerprint density at radius 1 is 0.722 bits per heavy atom. The smallest absolute Gasteiger partial charge is 0.286 e. The van der Waals surface area contributed by atoms with E-state index < -0.39 is 0 Å². The number of hydrogen-bond donors (Lipinski definition) is 1. The molecule has 5 nitrogen and oxygen atoms in total. The SMILES string of the molecule is CCCCCCCCCCCCCCCCCCNC(=O)c1ccc(COc2ccccc2OC)o1. The quantitative estimate of drug-likeness (QED) is 0.164. The molecular weight excluding hydrogens is 450 g/mol. The third-order valence-electron chi connectivity index (χ3n) is 6.64. The first-order chi connectivity index (χ1) is 17.7. The molecule has 0 atom stereocenters. The number of carbonyl (C=O) groups excluding carboxylic acids is 1. The van der Waals surface area contributed by atoms with Gasteiger partial charge in [-0.1, -0.05) is 115 Å². The summed E-state index contributed by atoms with van der Waals surface area (Å²) in [7, 11) is 1.61. The molecule has 0 saturated carbocycles. The molecule has 1 aromatic heterocycles. The molecule has 1 aromatic carbocycles. The molecule has 0 radical (unpaired) electrons. The van der Waals surface area contributed by atoms with Gasteiger partial charge in [-0.05, 0) is 30.7 Å². The number of benzene rings is 1. The van der Waals surface area contributed by atoms with Crippen molar-refractivity contribution in [3.8, 4) is 11.5 Å². The van der Waals surface area contributed by atoms with Gasteiger partial charge in [0.05, 0.1) is 7.11 Å². The molecule has 0 spiro atoms. The van der Waals surface area contributed by atoms with Gasteiger partial charge in [0, 0.05) is 6.54 Å². The monoisotopic (exact) mass is 499 g/mol. The third kappa shape index (κ3) is 13.0. The Kier molecular flexibility index (Phi) is 16.3. The number of rotatable bonds is 22. The van der Waals surface area contributed by atoms with Crippen LogP contribution in [0.3, 0.4) is 0 Å². The van der Waals surface area contributed by atoms with Crippen molar-refractivity contribution >= 4 is 5.91 Å². The van der Waals surface area contributed by atoms with Crippen LogP contribution in [0.4, 0.5) is 0 Å². The van der Waals surface area contributed by atoms with Crippen LogP contribution in [0, 0.1) is 0 Å². The van der Waals surface area contributed by atoms with Crippen molar-refractivity contribution in [2.75, 3.05) is 13.7 Å². The van der Waals surface area contributed by atoms with E-state index >= 15 is 0 Å². The van der Waals surface area contributed by atoms with Gasteiger partial charge < -0.3 is 19.2 Å². The summed E-state index contributed by atoms with van der Waals surface area (Å²) in [6.07, 6.45) is 21.5. The molecule has 1 amide bonds. The zero-order valence-corrected chi connectivity index (χ0v) is 22.8. The first kappa shape index (κ1) is 29.8. The minimum atomic E-state index is -0.167. The van der Waals surface area contributed by atoms with E-state index in [1.165, 1.54) is 89.9 Å². The second kappa shape index (κ2) is 19.7. The maximum Gasteiger partial charge on any atom is 0.286 e. The van der Waals surface area contributed by atoms with Gasteiger partial charge in [0.2, 0.25) is 0 Å². The highest BCUT2D eigenvalue weighted by Crippen LogP contribution is 2.26. The first-order valence-electron chi connectivity index (χ1n) is 14.4. The Bertz CT molecular complexity index is 816. The molecular formula is C31H49NO4. The van der Waals surface area contributed by atoms with Crippen molar-refractivity contribution in [1.82, 2.24) is 5.32 Å². The summed E-state index contributed by atoms with van der Waals surface area (Å²) in [5, 5.41) is 2.96. The fourth-order valence-corrected chi connectivity index (χ4v) is 4.43. The number of nitrogens with one attached hydrogen (secondary N) is 1. The summed E-state index contributed by atoms with van der Waals surface area (Å²) in [6, 6.07) is 10.9. The zero-order valence-electron chi connectivity index (χ0n) is 22.8. The van der Waals surface area contributed by atoms with Gasteiger partial charge in [0.15, 0.2) is 17.3 Å². The number of para-hydroxylation sites is 2. The van der Waals surface area contributed by atoms with Gasteiger partial charge in [-0.25, -0.2) is 0 Å². The predicted octanol–water partition coefficient (Wildman–Crippen LogP) is 8.86. The van der Waals surface area contributed by atoms with Gasteiger partial charge in [0.25, 0.3) is 5.91 Å². The molecule has 0 fully saturated rings. The van der Waals surface area contributed by atoms with Gasteiger partial charge >= 0.3 is 0 Å². The minimum Gasteiger partial charge on any atom is -0.493 e. The molecule has 0 saturated heterocycles. The lowest BCUT2D eigenvalue weighted by Crippen LogP contribution is -2.23. The van der Waals surface area contributed by atoms with Crippen LogP contribution in [0.5, 0.6) is 11.5 Å². The zero-order chi connectivity index (χ0) is 25.7. The van der Waals surface area contributed by atoms with Crippen LogP contribution >= 0.6 is 0 Å². The number of hydrogen-bond acceptors (Lipinski definition) is 4. The highest BCUT2D eigenvalue weighted by Gasteiger charge is 2.12. The Hall–Kier alpha value is -2.43. The summed E-state index contributed by atoms with van der Waals surface area (Å²) in [4.78, 5) is 12.3. The second-order valence-corrected chi connectivity index (χ2v) is 9.76. The van der Waals surface area contributed by atoms with E-state index in [1.807, 2.05) is 24.3 Å². The van der Waals surface area contributed by atoms with E-state index in [9.17, 15) is 4.79 Å². The molecule has 1 heterocycles. The molecule has 1 N–H and O–H groups in total. The summed E-state index contributed by atoms with van der Waals surface area (Å²) in [5.41, 5.74) is 0. The minimum absolute atomic E-state index is 0.167. The predicted molar refractivity (Wildman–Crippen MR) is 148 cm³/mol. The lowest BCUT2D eigenvalue weighted by molar-refractivity contribution is 0.0921. The average Bonchev–Trinajstić information content (AvgIpc) is 3.38. The molecule has 5 heteroatoms. The van der Waals surface area contributed by atoms with E-state index in [4.69, 9.17) is 13.9 Å². The number of unbranched alkanes of at least 4 members (excludes halogenated alkanes) is 15. The number of methoxy groups -OCH3 is 1. The van der Waals surface area contributed by atoms with Gasteiger partial charge in [0.1, 0.15) is 12.4 Å². The van der Waals surface area contributed by atoms with E-state index in [1.54, 1.807) is 19.2 Å². The molecule has 0 aliphatic heterocycles. The van der Waals surface area contributed by atoms with Crippen molar-refractivity contribution < 1.29 is 18.7 Å². The third-order valence-corrected chi connectivity index (χ3v) is 6.64. The fraction of sp³-hybridized carbons (Fsp3) is 0.645. The summed E-state index contributed by atoms with van der Waals surface area (Å²) < 4.78 is 16.7. The second-order valence-electron chi connectivity index (χ2n) is 9.76. The highest BCUT2D eigenvalue weighted by molar-refractivity contribution is 5.91. The van der Waals surface area contributed by atoms with Crippen LogP contribution in [-0.4, -0.2) is 19.6 Å². The molecule has 0 bridgehead atoms. The highest BCUT2D eigenvalue weighted by atomic mass is 16.5. The van der Waals surface area contributed by atoms with E-state index in [2.05, 4.69) is 12.2 Å². The van der Waals surface area contributed by atoms with E-state index in [0.717, 1.165) is 12.8 Å². The molecule has 0 aliphatic carbocycles. The van der Waals surface area contributed by atoms with Crippen molar-refractivity contribution in [3.63, 3.8) is 0 Å². The largest absolute Gasteiger partial charge is 0.493 e. The van der Waals surface area contributed by atoms with Crippen molar-refractivity contribution in [1.29, 1.82) is 0 Å². The summed E-state index contributed by atoms with van der Waals surface area (Å²) in [5.74, 6) is 2.07. The van der Waals surface area contributed by atoms with Gasteiger partial charge in [-0.15, -0.1) is 0 Å². The number of ether oxygens (including phenoxy) is 2. The fourth-order valence-electron chi connectivity index (χ4n) is 4.43. The molecule has 36 heavy (non-hydrogen) atoms. The molecule has 0 unspecified atom stereocenters. The molecule has 202 valence electrons. The summed E-state index contributed by atoms with van der Waals surface area (Å²) >= 11 is 0. The van der Waals surface area contributed by atoms with Crippen LogP contribution in [0.15, 0.2) is 40.8 Å². The molecule has 2 aromatic rings. The van der Waals surface area contributed by atoms with Crippen LogP contribution in [-0.2, 0) is 6.61 Å². The average molecular weight is 500 g/mol. The number of amides is 1.